The first-order valence-electron chi connectivity index (χ1n) is 7.90. The highest BCUT2D eigenvalue weighted by Gasteiger charge is 2.31. The van der Waals surface area contributed by atoms with Gasteiger partial charge in [-0.05, 0) is 25.5 Å². The van der Waals surface area contributed by atoms with Crippen molar-refractivity contribution in [2.45, 2.75) is 32.0 Å². The van der Waals surface area contributed by atoms with Crippen LogP contribution in [0, 0.1) is 6.92 Å². The molecule has 0 radical (unpaired) electrons. The summed E-state index contributed by atoms with van der Waals surface area (Å²) in [7, 11) is 1.95. The molecule has 4 rings (SSSR count). The van der Waals surface area contributed by atoms with Gasteiger partial charge in [0.05, 0.1) is 12.7 Å². The molecule has 2 aromatic heterocycles. The van der Waals surface area contributed by atoms with E-state index in [9.17, 15) is 0 Å². The van der Waals surface area contributed by atoms with Gasteiger partial charge in [0.1, 0.15) is 11.6 Å². The summed E-state index contributed by atoms with van der Waals surface area (Å²) in [6.07, 6.45) is 2.91. The summed E-state index contributed by atoms with van der Waals surface area (Å²) in [5.74, 6) is 0.708. The fourth-order valence-corrected chi connectivity index (χ4v) is 3.11. The molecule has 1 aliphatic heterocycles. The minimum absolute atomic E-state index is 0.0353. The zero-order chi connectivity index (χ0) is 15.8. The van der Waals surface area contributed by atoms with E-state index in [0.717, 1.165) is 35.4 Å². The van der Waals surface area contributed by atoms with E-state index in [1.807, 2.05) is 42.2 Å². The SMILES string of the molecule is Cc1c([C@H]2OCC[C@@H]2NCc2nc3ccccc3o2)cnn1C. The first kappa shape index (κ1) is 14.4. The zero-order valence-electron chi connectivity index (χ0n) is 13.3. The van der Waals surface area contributed by atoms with Crippen LogP contribution in [-0.4, -0.2) is 27.4 Å². The van der Waals surface area contributed by atoms with Gasteiger partial charge in [-0.15, -0.1) is 0 Å². The fourth-order valence-electron chi connectivity index (χ4n) is 3.11. The number of benzene rings is 1. The molecule has 0 amide bonds. The van der Waals surface area contributed by atoms with Crippen molar-refractivity contribution in [3.05, 3.63) is 47.6 Å². The molecule has 23 heavy (non-hydrogen) atoms. The van der Waals surface area contributed by atoms with E-state index in [1.165, 1.54) is 0 Å². The molecular formula is C17H20N4O2. The largest absolute Gasteiger partial charge is 0.439 e. The lowest BCUT2D eigenvalue weighted by atomic mass is 10.0. The minimum atomic E-state index is 0.0353. The monoisotopic (exact) mass is 312 g/mol. The van der Waals surface area contributed by atoms with Crippen LogP contribution in [-0.2, 0) is 18.3 Å². The summed E-state index contributed by atoms with van der Waals surface area (Å²) in [6, 6.07) is 8.06. The van der Waals surface area contributed by atoms with Crippen LogP contribution < -0.4 is 5.32 Å². The van der Waals surface area contributed by atoms with Gasteiger partial charge in [-0.2, -0.15) is 5.10 Å². The van der Waals surface area contributed by atoms with Crippen molar-refractivity contribution in [3.63, 3.8) is 0 Å². The van der Waals surface area contributed by atoms with Gasteiger partial charge >= 0.3 is 0 Å². The Morgan fingerprint density at radius 1 is 1.35 bits per heavy atom. The molecule has 2 atom stereocenters. The average Bonchev–Trinajstić information content (AvgIpc) is 3.25. The maximum Gasteiger partial charge on any atom is 0.209 e. The summed E-state index contributed by atoms with van der Waals surface area (Å²) >= 11 is 0. The van der Waals surface area contributed by atoms with Crippen LogP contribution >= 0.6 is 0 Å². The van der Waals surface area contributed by atoms with Crippen LogP contribution in [0.5, 0.6) is 0 Å². The first-order valence-corrected chi connectivity index (χ1v) is 7.90. The summed E-state index contributed by atoms with van der Waals surface area (Å²) in [5, 5.41) is 7.85. The molecule has 0 bridgehead atoms. The molecule has 3 heterocycles. The van der Waals surface area contributed by atoms with Gasteiger partial charge in [-0.25, -0.2) is 4.98 Å². The first-order chi connectivity index (χ1) is 11.2. The molecular weight excluding hydrogens is 292 g/mol. The summed E-state index contributed by atoms with van der Waals surface area (Å²) in [4.78, 5) is 4.51. The Bertz CT molecular complexity index is 790. The highest BCUT2D eigenvalue weighted by atomic mass is 16.5. The Morgan fingerprint density at radius 2 is 2.22 bits per heavy atom. The van der Waals surface area contributed by atoms with Gasteiger partial charge in [0.15, 0.2) is 5.58 Å². The van der Waals surface area contributed by atoms with Crippen molar-refractivity contribution in [1.82, 2.24) is 20.1 Å². The van der Waals surface area contributed by atoms with Gasteiger partial charge < -0.3 is 14.5 Å². The smallest absolute Gasteiger partial charge is 0.209 e. The second-order valence-electron chi connectivity index (χ2n) is 5.95. The maximum absolute atomic E-state index is 5.93. The van der Waals surface area contributed by atoms with Gasteiger partial charge in [-0.3, -0.25) is 4.68 Å². The van der Waals surface area contributed by atoms with Gasteiger partial charge in [0.25, 0.3) is 0 Å². The van der Waals surface area contributed by atoms with Crippen LogP contribution in [0.1, 0.15) is 29.7 Å². The molecule has 3 aromatic rings. The number of hydrogen-bond acceptors (Lipinski definition) is 5. The third-order valence-corrected chi connectivity index (χ3v) is 4.53. The van der Waals surface area contributed by atoms with Crippen molar-refractivity contribution in [2.75, 3.05) is 6.61 Å². The third kappa shape index (κ3) is 2.64. The number of aryl methyl sites for hydroxylation is 1. The maximum atomic E-state index is 5.93. The van der Waals surface area contributed by atoms with E-state index in [1.54, 1.807) is 0 Å². The van der Waals surface area contributed by atoms with Crippen molar-refractivity contribution >= 4 is 11.1 Å². The highest BCUT2D eigenvalue weighted by Crippen LogP contribution is 2.31. The van der Waals surface area contributed by atoms with Crippen molar-refractivity contribution < 1.29 is 9.15 Å². The van der Waals surface area contributed by atoms with E-state index in [-0.39, 0.29) is 12.1 Å². The predicted octanol–water partition coefficient (Wildman–Crippen LogP) is 2.49. The lowest BCUT2D eigenvalue weighted by Crippen LogP contribution is -2.31. The number of nitrogens with zero attached hydrogens (tertiary/aromatic N) is 3. The summed E-state index contributed by atoms with van der Waals surface area (Å²) in [5.41, 5.74) is 4.02. The van der Waals surface area contributed by atoms with Crippen LogP contribution in [0.3, 0.4) is 0 Å². The number of oxazole rings is 1. The standard InChI is InChI=1S/C17H20N4O2/c1-11-12(9-19-21(11)2)17-14(7-8-22-17)18-10-16-20-13-5-3-4-6-15(13)23-16/h3-6,9,14,17-18H,7-8,10H2,1-2H3/t14-,17+/m0/s1. The molecule has 0 aliphatic carbocycles. The van der Waals surface area contributed by atoms with E-state index in [2.05, 4.69) is 22.3 Å². The quantitative estimate of drug-likeness (QED) is 0.802. The Labute approximate surface area is 134 Å². The molecule has 6 heteroatoms. The van der Waals surface area contributed by atoms with E-state index >= 15 is 0 Å². The van der Waals surface area contributed by atoms with E-state index in [0.29, 0.717) is 12.4 Å². The van der Waals surface area contributed by atoms with Crippen molar-refractivity contribution in [2.24, 2.45) is 7.05 Å². The summed E-state index contributed by atoms with van der Waals surface area (Å²) < 4.78 is 13.6. The zero-order valence-corrected chi connectivity index (χ0v) is 13.3. The van der Waals surface area contributed by atoms with Gasteiger partial charge in [0, 0.05) is 31.0 Å². The van der Waals surface area contributed by atoms with Crippen LogP contribution in [0.25, 0.3) is 11.1 Å². The fraction of sp³-hybridized carbons (Fsp3) is 0.412. The van der Waals surface area contributed by atoms with Crippen molar-refractivity contribution in [3.8, 4) is 0 Å². The molecule has 0 spiro atoms. The number of aromatic nitrogens is 3. The topological polar surface area (TPSA) is 65.1 Å². The predicted molar refractivity (Wildman–Crippen MR) is 85.9 cm³/mol. The molecule has 0 saturated carbocycles. The number of nitrogens with one attached hydrogen (secondary N) is 1. The van der Waals surface area contributed by atoms with Crippen LogP contribution in [0.15, 0.2) is 34.9 Å². The van der Waals surface area contributed by atoms with Crippen molar-refractivity contribution in [1.29, 1.82) is 0 Å². The Balaban J connectivity index is 1.48. The molecule has 1 aliphatic rings. The molecule has 1 fully saturated rings. The normalized spacial score (nSPS) is 21.3. The number of hydrogen-bond donors (Lipinski definition) is 1. The average molecular weight is 312 g/mol. The Kier molecular flexibility index (Phi) is 3.63. The van der Waals surface area contributed by atoms with Gasteiger partial charge in [-0.1, -0.05) is 12.1 Å². The Morgan fingerprint density at radius 3 is 3.00 bits per heavy atom. The van der Waals surface area contributed by atoms with Gasteiger partial charge in [0.2, 0.25) is 5.89 Å². The Hall–Kier alpha value is -2.18. The number of ether oxygens (including phenoxy) is 1. The minimum Gasteiger partial charge on any atom is -0.439 e. The van der Waals surface area contributed by atoms with Crippen LogP contribution in [0.4, 0.5) is 0 Å². The summed E-state index contributed by atoms with van der Waals surface area (Å²) in [6.45, 7) is 3.42. The molecule has 1 N–H and O–H groups in total. The molecule has 1 saturated heterocycles. The number of rotatable bonds is 4. The number of para-hydroxylation sites is 2. The lowest BCUT2D eigenvalue weighted by molar-refractivity contribution is 0.0974. The molecule has 120 valence electrons. The second kappa shape index (κ2) is 5.79. The molecule has 6 nitrogen and oxygen atoms in total. The molecule has 1 aromatic carbocycles. The van der Waals surface area contributed by atoms with E-state index in [4.69, 9.17) is 9.15 Å². The van der Waals surface area contributed by atoms with E-state index < -0.39 is 0 Å². The molecule has 0 unspecified atom stereocenters. The number of fused-ring (bicyclic) bond motifs is 1. The lowest BCUT2D eigenvalue weighted by Gasteiger charge is -2.19. The highest BCUT2D eigenvalue weighted by molar-refractivity contribution is 5.72. The van der Waals surface area contributed by atoms with Crippen LogP contribution in [0.2, 0.25) is 0 Å². The second-order valence-corrected chi connectivity index (χ2v) is 5.95. The third-order valence-electron chi connectivity index (χ3n) is 4.53.